The number of pyridine rings is 2. The van der Waals surface area contributed by atoms with Crippen LogP contribution in [0.5, 0.6) is 5.75 Å². The van der Waals surface area contributed by atoms with E-state index in [4.69, 9.17) is 0 Å². The number of fused-ring (bicyclic) bond motifs is 1. The van der Waals surface area contributed by atoms with E-state index in [9.17, 15) is 14.7 Å². The summed E-state index contributed by atoms with van der Waals surface area (Å²) in [6.07, 6.45) is 1.44. The van der Waals surface area contributed by atoms with Crippen LogP contribution in [0.25, 0.3) is 10.9 Å². The van der Waals surface area contributed by atoms with Gasteiger partial charge in [0.05, 0.1) is 29.7 Å². The highest BCUT2D eigenvalue weighted by Crippen LogP contribution is 2.24. The quantitative estimate of drug-likeness (QED) is 0.680. The maximum Gasteiger partial charge on any atom is 0.255 e. The first kappa shape index (κ1) is 14.8. The average molecular weight is 309 g/mol. The third kappa shape index (κ3) is 3.21. The van der Waals surface area contributed by atoms with Crippen molar-refractivity contribution >= 4 is 16.8 Å². The first-order valence-corrected chi connectivity index (χ1v) is 7.14. The summed E-state index contributed by atoms with van der Waals surface area (Å²) in [6, 6.07) is 12.3. The van der Waals surface area contributed by atoms with Gasteiger partial charge in [0.2, 0.25) is 5.91 Å². The molecule has 0 unspecified atom stereocenters. The van der Waals surface area contributed by atoms with E-state index in [1.807, 2.05) is 6.07 Å². The molecule has 0 fully saturated rings. The first-order valence-electron chi connectivity index (χ1n) is 7.14. The number of H-pyrrole nitrogens is 1. The topological polar surface area (TPSA) is 95.1 Å². The predicted molar refractivity (Wildman–Crippen MR) is 86.0 cm³/mol. The molecule has 2 heterocycles. The number of amides is 1. The first-order chi connectivity index (χ1) is 11.1. The number of nitrogens with one attached hydrogen (secondary N) is 2. The fourth-order valence-electron chi connectivity index (χ4n) is 2.35. The Balaban J connectivity index is 1.78. The lowest BCUT2D eigenvalue weighted by molar-refractivity contribution is -0.120. The van der Waals surface area contributed by atoms with Crippen molar-refractivity contribution in [1.29, 1.82) is 0 Å². The van der Waals surface area contributed by atoms with Crippen LogP contribution >= 0.6 is 0 Å². The normalized spacial score (nSPS) is 10.6. The molecular weight excluding hydrogens is 294 g/mol. The van der Waals surface area contributed by atoms with Gasteiger partial charge in [-0.25, -0.2) is 0 Å². The zero-order chi connectivity index (χ0) is 16.2. The molecule has 1 aromatic carbocycles. The van der Waals surface area contributed by atoms with Crippen LogP contribution in [0.2, 0.25) is 0 Å². The molecule has 1 amide bonds. The molecule has 3 aromatic rings. The van der Waals surface area contributed by atoms with E-state index < -0.39 is 5.56 Å². The van der Waals surface area contributed by atoms with E-state index in [2.05, 4.69) is 15.3 Å². The molecule has 3 N–H and O–H groups in total. The lowest BCUT2D eigenvalue weighted by Gasteiger charge is -2.08. The van der Waals surface area contributed by atoms with Crippen LogP contribution in [0, 0.1) is 0 Å². The molecule has 2 aromatic heterocycles. The van der Waals surface area contributed by atoms with Crippen LogP contribution < -0.4 is 10.9 Å². The number of aromatic amines is 1. The number of hydrogen-bond donors (Lipinski definition) is 3. The third-order valence-electron chi connectivity index (χ3n) is 3.52. The summed E-state index contributed by atoms with van der Waals surface area (Å²) >= 11 is 0. The maximum atomic E-state index is 12.1. The van der Waals surface area contributed by atoms with Crippen LogP contribution in [0.15, 0.2) is 53.5 Å². The van der Waals surface area contributed by atoms with Crippen molar-refractivity contribution in [3.05, 3.63) is 70.3 Å². The van der Waals surface area contributed by atoms with Crippen LogP contribution in [-0.2, 0) is 17.8 Å². The van der Waals surface area contributed by atoms with E-state index in [1.165, 1.54) is 0 Å². The third-order valence-corrected chi connectivity index (χ3v) is 3.52. The SMILES string of the molecule is O=C(Cc1c(O)c2ccccc2[nH]c1=O)NCc1ccccn1. The summed E-state index contributed by atoms with van der Waals surface area (Å²) in [5, 5.41) is 13.5. The van der Waals surface area contributed by atoms with Crippen molar-refractivity contribution in [1.82, 2.24) is 15.3 Å². The number of nitrogens with zero attached hydrogens (tertiary/aromatic N) is 1. The lowest BCUT2D eigenvalue weighted by atomic mass is 10.1. The van der Waals surface area contributed by atoms with Gasteiger partial charge in [-0.15, -0.1) is 0 Å². The van der Waals surface area contributed by atoms with Gasteiger partial charge in [-0.3, -0.25) is 14.6 Å². The van der Waals surface area contributed by atoms with Gasteiger partial charge in [0.1, 0.15) is 5.75 Å². The van der Waals surface area contributed by atoms with E-state index in [1.54, 1.807) is 42.6 Å². The molecule has 23 heavy (non-hydrogen) atoms. The van der Waals surface area contributed by atoms with Crippen LogP contribution in [0.3, 0.4) is 0 Å². The van der Waals surface area contributed by atoms with Crippen molar-refractivity contribution in [2.75, 3.05) is 0 Å². The standard InChI is InChI=1S/C17H15N3O3/c21-15(19-10-11-5-3-4-8-18-11)9-13-16(22)12-6-1-2-7-14(12)20-17(13)23/h1-8H,9-10H2,(H,19,21)(H2,20,22,23). The molecule has 0 radical (unpaired) electrons. The summed E-state index contributed by atoms with van der Waals surface area (Å²) in [7, 11) is 0. The summed E-state index contributed by atoms with van der Waals surface area (Å²) in [4.78, 5) is 30.9. The molecule has 6 nitrogen and oxygen atoms in total. The number of hydrogen-bond acceptors (Lipinski definition) is 4. The Labute approximate surface area is 131 Å². The highest BCUT2D eigenvalue weighted by molar-refractivity contribution is 5.88. The zero-order valence-electron chi connectivity index (χ0n) is 12.2. The van der Waals surface area contributed by atoms with E-state index in [-0.39, 0.29) is 30.2 Å². The Kier molecular flexibility index (Phi) is 4.05. The minimum atomic E-state index is -0.464. The molecule has 0 aliphatic carbocycles. The Hall–Kier alpha value is -3.15. The van der Waals surface area contributed by atoms with Gasteiger partial charge >= 0.3 is 0 Å². The second-order valence-electron chi connectivity index (χ2n) is 5.10. The molecular formula is C17H15N3O3. The molecule has 0 saturated heterocycles. The van der Waals surface area contributed by atoms with Crippen LogP contribution in [0.1, 0.15) is 11.3 Å². The van der Waals surface area contributed by atoms with Crippen molar-refractivity contribution in [2.24, 2.45) is 0 Å². The molecule has 0 spiro atoms. The highest BCUT2D eigenvalue weighted by atomic mass is 16.3. The Morgan fingerprint density at radius 3 is 2.74 bits per heavy atom. The number of aromatic hydroxyl groups is 1. The van der Waals surface area contributed by atoms with Gasteiger partial charge in [-0.1, -0.05) is 18.2 Å². The van der Waals surface area contributed by atoms with Gasteiger partial charge in [0, 0.05) is 11.6 Å². The minimum absolute atomic E-state index is 0.0576. The van der Waals surface area contributed by atoms with Crippen molar-refractivity contribution in [3.63, 3.8) is 0 Å². The summed E-state index contributed by atoms with van der Waals surface area (Å²) in [6.45, 7) is 0.270. The smallest absolute Gasteiger partial charge is 0.255 e. The van der Waals surface area contributed by atoms with Crippen molar-refractivity contribution in [2.45, 2.75) is 13.0 Å². The van der Waals surface area contributed by atoms with Gasteiger partial charge in [-0.05, 0) is 24.3 Å². The maximum absolute atomic E-state index is 12.1. The van der Waals surface area contributed by atoms with Crippen molar-refractivity contribution < 1.29 is 9.90 Å². The fourth-order valence-corrected chi connectivity index (χ4v) is 2.35. The number of rotatable bonds is 4. The second kappa shape index (κ2) is 6.31. The number of carbonyl (C=O) groups excluding carboxylic acids is 1. The minimum Gasteiger partial charge on any atom is -0.507 e. The molecule has 0 aliphatic heterocycles. The van der Waals surface area contributed by atoms with Crippen molar-refractivity contribution in [3.8, 4) is 5.75 Å². The number of aromatic nitrogens is 2. The van der Waals surface area contributed by atoms with Gasteiger partial charge < -0.3 is 15.4 Å². The fraction of sp³-hybridized carbons (Fsp3) is 0.118. The predicted octanol–water partition coefficient (Wildman–Crippen LogP) is 1.49. The molecule has 0 bridgehead atoms. The van der Waals surface area contributed by atoms with Crippen LogP contribution in [-0.4, -0.2) is 21.0 Å². The summed E-state index contributed by atoms with van der Waals surface area (Å²) in [5.41, 5.74) is 0.849. The van der Waals surface area contributed by atoms with Gasteiger partial charge in [0.25, 0.3) is 5.56 Å². The van der Waals surface area contributed by atoms with Gasteiger partial charge in [-0.2, -0.15) is 0 Å². The average Bonchev–Trinajstić information content (AvgIpc) is 2.58. The Morgan fingerprint density at radius 2 is 1.96 bits per heavy atom. The number of para-hydroxylation sites is 1. The second-order valence-corrected chi connectivity index (χ2v) is 5.10. The van der Waals surface area contributed by atoms with E-state index in [0.29, 0.717) is 10.9 Å². The molecule has 6 heteroatoms. The molecule has 116 valence electrons. The molecule has 0 aliphatic rings. The number of carbonyl (C=O) groups is 1. The molecule has 0 saturated carbocycles. The van der Waals surface area contributed by atoms with E-state index >= 15 is 0 Å². The van der Waals surface area contributed by atoms with Crippen LogP contribution in [0.4, 0.5) is 0 Å². The zero-order valence-corrected chi connectivity index (χ0v) is 12.2. The van der Waals surface area contributed by atoms with E-state index in [0.717, 1.165) is 5.69 Å². The summed E-state index contributed by atoms with van der Waals surface area (Å²) in [5.74, 6) is -0.510. The Bertz CT molecular complexity index is 904. The molecule has 0 atom stereocenters. The number of benzene rings is 1. The largest absolute Gasteiger partial charge is 0.507 e. The lowest BCUT2D eigenvalue weighted by Crippen LogP contribution is -2.27. The van der Waals surface area contributed by atoms with Gasteiger partial charge in [0.15, 0.2) is 0 Å². The monoisotopic (exact) mass is 309 g/mol. The summed E-state index contributed by atoms with van der Waals surface area (Å²) < 4.78 is 0. The Morgan fingerprint density at radius 1 is 1.17 bits per heavy atom. The molecule has 3 rings (SSSR count). The highest BCUT2D eigenvalue weighted by Gasteiger charge is 2.15.